The van der Waals surface area contributed by atoms with Crippen LogP contribution in [-0.2, 0) is 11.3 Å². The lowest BCUT2D eigenvalue weighted by Gasteiger charge is -2.18. The van der Waals surface area contributed by atoms with Crippen LogP contribution >= 0.6 is 0 Å². The number of aromatic nitrogens is 2. The number of likely N-dealkylation sites (tertiary alicyclic amines) is 1. The number of nitrogens with one attached hydrogen (secondary N) is 1. The number of rotatable bonds is 9. The molecule has 1 unspecified atom stereocenters. The summed E-state index contributed by atoms with van der Waals surface area (Å²) in [5.41, 5.74) is 4.69. The number of hydrogen-bond acceptors (Lipinski definition) is 3. The van der Waals surface area contributed by atoms with Gasteiger partial charge in [-0.3, -0.25) is 9.78 Å². The van der Waals surface area contributed by atoms with Crippen molar-refractivity contribution in [3.63, 3.8) is 0 Å². The van der Waals surface area contributed by atoms with Gasteiger partial charge in [-0.2, -0.15) is 0 Å². The lowest BCUT2D eigenvalue weighted by Crippen LogP contribution is -2.34. The monoisotopic (exact) mass is 452 g/mol. The summed E-state index contributed by atoms with van der Waals surface area (Å²) >= 11 is 0. The van der Waals surface area contributed by atoms with Crippen LogP contribution in [0.5, 0.6) is 0 Å². The van der Waals surface area contributed by atoms with E-state index in [0.29, 0.717) is 13.0 Å². The number of fused-ring (bicyclic) bond motifs is 1. The summed E-state index contributed by atoms with van der Waals surface area (Å²) < 4.78 is 2.30. The van der Waals surface area contributed by atoms with Gasteiger partial charge in [0.2, 0.25) is 5.91 Å². The molecule has 1 saturated heterocycles. The summed E-state index contributed by atoms with van der Waals surface area (Å²) in [6.45, 7) is 4.72. The molecule has 1 atom stereocenters. The molecule has 4 aromatic rings. The van der Waals surface area contributed by atoms with Crippen LogP contribution in [0.1, 0.15) is 41.9 Å². The quantitative estimate of drug-likeness (QED) is 0.396. The minimum Gasteiger partial charge on any atom is -0.355 e. The molecule has 1 amide bonds. The fourth-order valence-electron chi connectivity index (χ4n) is 5.07. The molecule has 2 aromatic heterocycles. The van der Waals surface area contributed by atoms with Crippen molar-refractivity contribution in [1.82, 2.24) is 19.8 Å². The Bertz CT molecular complexity index is 1210. The average Bonchev–Trinajstić information content (AvgIpc) is 3.52. The van der Waals surface area contributed by atoms with Crippen molar-refractivity contribution in [3.05, 3.63) is 102 Å². The first-order chi connectivity index (χ1) is 16.8. The number of pyridine rings is 1. The molecule has 1 aliphatic rings. The van der Waals surface area contributed by atoms with Crippen LogP contribution < -0.4 is 5.32 Å². The highest BCUT2D eigenvalue weighted by atomic mass is 16.1. The van der Waals surface area contributed by atoms with Crippen molar-refractivity contribution < 1.29 is 4.79 Å². The van der Waals surface area contributed by atoms with Crippen LogP contribution in [0.2, 0.25) is 0 Å². The van der Waals surface area contributed by atoms with E-state index < -0.39 is 0 Å². The predicted octanol–water partition coefficient (Wildman–Crippen LogP) is 4.82. The van der Waals surface area contributed by atoms with Crippen molar-refractivity contribution in [2.75, 3.05) is 26.2 Å². The van der Waals surface area contributed by atoms with Crippen LogP contribution in [0.25, 0.3) is 10.9 Å². The highest BCUT2D eigenvalue weighted by molar-refractivity contribution is 5.86. The summed E-state index contributed by atoms with van der Waals surface area (Å²) in [5.74, 6) is 0.0374. The molecular formula is C29H32N4O. The summed E-state index contributed by atoms with van der Waals surface area (Å²) in [7, 11) is 0. The van der Waals surface area contributed by atoms with Gasteiger partial charge >= 0.3 is 0 Å². The fourth-order valence-corrected chi connectivity index (χ4v) is 5.07. The van der Waals surface area contributed by atoms with Gasteiger partial charge in [-0.25, -0.2) is 0 Å². The molecule has 5 heteroatoms. The zero-order valence-electron chi connectivity index (χ0n) is 19.6. The van der Waals surface area contributed by atoms with E-state index in [1.54, 1.807) is 6.20 Å². The molecule has 174 valence electrons. The summed E-state index contributed by atoms with van der Waals surface area (Å²) in [6.07, 6.45) is 8.85. The Morgan fingerprint density at radius 2 is 1.76 bits per heavy atom. The van der Waals surface area contributed by atoms with E-state index in [4.69, 9.17) is 0 Å². The molecule has 5 nitrogen and oxygen atoms in total. The van der Waals surface area contributed by atoms with Crippen LogP contribution in [0.3, 0.4) is 0 Å². The van der Waals surface area contributed by atoms with Crippen molar-refractivity contribution in [1.29, 1.82) is 0 Å². The van der Waals surface area contributed by atoms with Gasteiger partial charge in [-0.05, 0) is 54.8 Å². The molecule has 2 aromatic carbocycles. The van der Waals surface area contributed by atoms with Crippen molar-refractivity contribution >= 4 is 16.8 Å². The number of carbonyl (C=O) groups excluding carboxylic acids is 1. The number of amides is 1. The van der Waals surface area contributed by atoms with Gasteiger partial charge in [-0.15, -0.1) is 0 Å². The SMILES string of the molecule is O=C(CC(c1cccnc1)c1cn(Cc2ccccc2)c2ccccc12)NCCN1CCCC1. The standard InChI is InChI=1S/C29H32N4O/c34-29(31-15-18-32-16-6-7-17-32)19-26(24-11-8-14-30-20-24)27-22-33(21-23-9-2-1-3-10-23)28-13-5-4-12-25(27)28/h1-5,8-14,20,22,26H,6-7,15-19,21H2,(H,31,34). The van der Waals surface area contributed by atoms with E-state index in [0.717, 1.165) is 31.7 Å². The van der Waals surface area contributed by atoms with E-state index in [2.05, 4.69) is 80.6 Å². The highest BCUT2D eigenvalue weighted by Crippen LogP contribution is 2.34. The number of benzene rings is 2. The molecule has 1 N–H and O–H groups in total. The third kappa shape index (κ3) is 5.20. The Kier molecular flexibility index (Phi) is 7.01. The first-order valence-electron chi connectivity index (χ1n) is 12.3. The molecule has 0 radical (unpaired) electrons. The molecule has 0 spiro atoms. The maximum Gasteiger partial charge on any atom is 0.220 e. The third-order valence-electron chi connectivity index (χ3n) is 6.82. The minimum atomic E-state index is -0.0533. The normalized spacial score (nSPS) is 14.9. The number of hydrogen-bond donors (Lipinski definition) is 1. The number of nitrogens with zero attached hydrogens (tertiary/aromatic N) is 3. The van der Waals surface area contributed by atoms with E-state index in [-0.39, 0.29) is 11.8 Å². The summed E-state index contributed by atoms with van der Waals surface area (Å²) in [6, 6.07) is 23.0. The Hall–Kier alpha value is -3.44. The topological polar surface area (TPSA) is 50.2 Å². The minimum absolute atomic E-state index is 0.0533. The van der Waals surface area contributed by atoms with Gasteiger partial charge in [0.05, 0.1) is 0 Å². The van der Waals surface area contributed by atoms with Crippen LogP contribution in [0, 0.1) is 0 Å². The van der Waals surface area contributed by atoms with E-state index in [1.807, 2.05) is 18.3 Å². The Morgan fingerprint density at radius 3 is 2.56 bits per heavy atom. The van der Waals surface area contributed by atoms with Gasteiger partial charge in [-0.1, -0.05) is 54.6 Å². The largest absolute Gasteiger partial charge is 0.355 e. The van der Waals surface area contributed by atoms with Crippen LogP contribution in [-0.4, -0.2) is 46.5 Å². The van der Waals surface area contributed by atoms with Gasteiger partial charge in [0.25, 0.3) is 0 Å². The lowest BCUT2D eigenvalue weighted by atomic mass is 9.89. The predicted molar refractivity (Wildman–Crippen MR) is 137 cm³/mol. The first-order valence-corrected chi connectivity index (χ1v) is 12.3. The second kappa shape index (κ2) is 10.7. The number of carbonyl (C=O) groups is 1. The Balaban J connectivity index is 1.42. The third-order valence-corrected chi connectivity index (χ3v) is 6.82. The smallest absolute Gasteiger partial charge is 0.220 e. The van der Waals surface area contributed by atoms with Gasteiger partial charge < -0.3 is 14.8 Å². The van der Waals surface area contributed by atoms with Gasteiger partial charge in [0, 0.05) is 61.5 Å². The Labute approximate surface area is 201 Å². The van der Waals surface area contributed by atoms with Crippen molar-refractivity contribution in [3.8, 4) is 0 Å². The van der Waals surface area contributed by atoms with E-state index in [1.165, 1.54) is 34.9 Å². The average molecular weight is 453 g/mol. The maximum absolute atomic E-state index is 13.1. The first kappa shape index (κ1) is 22.4. The summed E-state index contributed by atoms with van der Waals surface area (Å²) in [5, 5.41) is 4.36. The molecular weight excluding hydrogens is 420 g/mol. The van der Waals surface area contributed by atoms with Gasteiger partial charge in [0.15, 0.2) is 0 Å². The molecule has 0 bridgehead atoms. The second-order valence-electron chi connectivity index (χ2n) is 9.16. The van der Waals surface area contributed by atoms with Gasteiger partial charge in [0.1, 0.15) is 0 Å². The molecule has 34 heavy (non-hydrogen) atoms. The molecule has 0 aliphatic carbocycles. The maximum atomic E-state index is 13.1. The Morgan fingerprint density at radius 1 is 0.971 bits per heavy atom. The summed E-state index contributed by atoms with van der Waals surface area (Å²) in [4.78, 5) is 19.8. The lowest BCUT2D eigenvalue weighted by molar-refractivity contribution is -0.121. The fraction of sp³-hybridized carbons (Fsp3) is 0.310. The van der Waals surface area contributed by atoms with E-state index >= 15 is 0 Å². The zero-order chi connectivity index (χ0) is 23.2. The highest BCUT2D eigenvalue weighted by Gasteiger charge is 2.23. The van der Waals surface area contributed by atoms with Crippen LogP contribution in [0.15, 0.2) is 85.3 Å². The number of para-hydroxylation sites is 1. The molecule has 1 aliphatic heterocycles. The molecule has 1 fully saturated rings. The molecule has 5 rings (SSSR count). The second-order valence-corrected chi connectivity index (χ2v) is 9.16. The van der Waals surface area contributed by atoms with E-state index in [9.17, 15) is 4.79 Å². The molecule has 0 saturated carbocycles. The molecule has 3 heterocycles. The van der Waals surface area contributed by atoms with Crippen molar-refractivity contribution in [2.24, 2.45) is 0 Å². The van der Waals surface area contributed by atoms with Crippen molar-refractivity contribution in [2.45, 2.75) is 31.7 Å². The zero-order valence-corrected chi connectivity index (χ0v) is 19.6. The van der Waals surface area contributed by atoms with Crippen LogP contribution in [0.4, 0.5) is 0 Å².